The van der Waals surface area contributed by atoms with Crippen LogP contribution >= 0.6 is 0 Å². The summed E-state index contributed by atoms with van der Waals surface area (Å²) in [6, 6.07) is 2.37. The molecule has 0 aliphatic carbocycles. The molecule has 9 nitrogen and oxygen atoms in total. The number of aliphatic hydroxyl groups is 1. The number of rotatable bonds is 14. The normalized spacial score (nSPS) is 13.1. The van der Waals surface area contributed by atoms with E-state index in [1.807, 2.05) is 13.8 Å². The molecule has 4 N–H and O–H groups in total. The van der Waals surface area contributed by atoms with E-state index in [0.29, 0.717) is 12.0 Å². The Morgan fingerprint density at radius 3 is 2.22 bits per heavy atom. The van der Waals surface area contributed by atoms with Gasteiger partial charge in [-0.05, 0) is 53.5 Å². The van der Waals surface area contributed by atoms with E-state index < -0.39 is 42.2 Å². The van der Waals surface area contributed by atoms with Crippen LogP contribution < -0.4 is 10.6 Å². The average molecular weight is 522 g/mol. The lowest BCUT2D eigenvalue weighted by Gasteiger charge is -2.35. The first-order valence-corrected chi connectivity index (χ1v) is 13.3. The maximum absolute atomic E-state index is 13.8. The summed E-state index contributed by atoms with van der Waals surface area (Å²) in [5, 5.41) is 26.2. The van der Waals surface area contributed by atoms with Crippen LogP contribution in [0.25, 0.3) is 0 Å². The number of ether oxygens (including phenoxy) is 1. The number of nitrogens with zero attached hydrogens (tertiary/aromatic N) is 1. The van der Waals surface area contributed by atoms with Gasteiger partial charge in [0, 0.05) is 18.2 Å². The number of carbonyl (C=O) groups excluding carboxylic acids is 3. The van der Waals surface area contributed by atoms with Crippen molar-refractivity contribution < 1.29 is 29.3 Å². The third kappa shape index (κ3) is 11.0. The molecule has 1 aromatic carbocycles. The number of hydrogen-bond acceptors (Lipinski definition) is 6. The Bertz CT molecular complexity index is 881. The number of aryl methyl sites for hydroxylation is 1. The fourth-order valence-electron chi connectivity index (χ4n) is 3.98. The lowest BCUT2D eigenvalue weighted by atomic mass is 9.98. The standard InChI is InChI=1S/C28H47N3O6/c1-8-9-10-11-12-13-17-31(26(35)22(18-32)30-27(36)37-28(5,6)7)23(25(34)29-19(2)3)21-16-14-15-20(4)24(21)33/h14-16,19,22-23,32-33H,8-13,17-18H2,1-7H3,(H,29,34)(H,30,36). The number of nitrogens with one attached hydrogen (secondary N) is 2. The zero-order valence-corrected chi connectivity index (χ0v) is 23.6. The van der Waals surface area contributed by atoms with Crippen molar-refractivity contribution in [3.8, 4) is 5.75 Å². The molecule has 0 bridgehead atoms. The Hall–Kier alpha value is -2.81. The molecule has 0 heterocycles. The third-order valence-corrected chi connectivity index (χ3v) is 5.76. The number of hydrogen-bond donors (Lipinski definition) is 4. The molecular formula is C28H47N3O6. The van der Waals surface area contributed by atoms with Crippen LogP contribution in [0.2, 0.25) is 0 Å². The van der Waals surface area contributed by atoms with Crippen LogP contribution in [-0.2, 0) is 14.3 Å². The monoisotopic (exact) mass is 521 g/mol. The van der Waals surface area contributed by atoms with Crippen molar-refractivity contribution in [1.29, 1.82) is 0 Å². The Balaban J connectivity index is 3.39. The minimum atomic E-state index is -1.32. The topological polar surface area (TPSA) is 128 Å². The van der Waals surface area contributed by atoms with Gasteiger partial charge in [0.25, 0.3) is 0 Å². The fraction of sp³-hybridized carbons (Fsp3) is 0.679. The summed E-state index contributed by atoms with van der Waals surface area (Å²) in [7, 11) is 0. The first kappa shape index (κ1) is 32.2. The highest BCUT2D eigenvalue weighted by Crippen LogP contribution is 2.32. The number of aromatic hydroxyl groups is 1. The summed E-state index contributed by atoms with van der Waals surface area (Å²) in [5.74, 6) is -1.16. The number of amides is 3. The van der Waals surface area contributed by atoms with Gasteiger partial charge in [-0.3, -0.25) is 9.59 Å². The van der Waals surface area contributed by atoms with Crippen LogP contribution in [-0.4, -0.2) is 63.9 Å². The van der Waals surface area contributed by atoms with Gasteiger partial charge in [0.1, 0.15) is 23.4 Å². The Morgan fingerprint density at radius 2 is 1.65 bits per heavy atom. The molecular weight excluding hydrogens is 474 g/mol. The predicted octanol–water partition coefficient (Wildman–Crippen LogP) is 4.34. The molecule has 0 aliphatic heterocycles. The van der Waals surface area contributed by atoms with Gasteiger partial charge in [-0.25, -0.2) is 4.79 Å². The maximum Gasteiger partial charge on any atom is 0.408 e. The molecule has 0 aromatic heterocycles. The summed E-state index contributed by atoms with van der Waals surface area (Å²) in [6.45, 7) is 12.1. The summed E-state index contributed by atoms with van der Waals surface area (Å²) >= 11 is 0. The molecule has 0 radical (unpaired) electrons. The van der Waals surface area contributed by atoms with Crippen LogP contribution in [0.15, 0.2) is 18.2 Å². The second-order valence-electron chi connectivity index (χ2n) is 10.8. The largest absolute Gasteiger partial charge is 0.507 e. The quantitative estimate of drug-likeness (QED) is 0.270. The molecule has 0 saturated carbocycles. The first-order valence-electron chi connectivity index (χ1n) is 13.3. The Kier molecular flexibility index (Phi) is 13.4. The van der Waals surface area contributed by atoms with Gasteiger partial charge in [0.15, 0.2) is 0 Å². The van der Waals surface area contributed by atoms with E-state index in [0.717, 1.165) is 32.1 Å². The average Bonchev–Trinajstić information content (AvgIpc) is 2.79. The number of benzene rings is 1. The smallest absolute Gasteiger partial charge is 0.408 e. The van der Waals surface area contributed by atoms with Gasteiger partial charge in [0.05, 0.1) is 6.61 Å². The number of phenolic OH excluding ortho intramolecular Hbond substituents is 1. The van der Waals surface area contributed by atoms with Crippen LogP contribution in [0.1, 0.15) is 97.2 Å². The van der Waals surface area contributed by atoms with Crippen molar-refractivity contribution in [1.82, 2.24) is 15.5 Å². The number of para-hydroxylation sites is 1. The summed E-state index contributed by atoms with van der Waals surface area (Å²) in [4.78, 5) is 41.0. The molecule has 3 amide bonds. The number of carbonyl (C=O) groups is 3. The Morgan fingerprint density at radius 1 is 1.03 bits per heavy atom. The Labute approximate surface area is 222 Å². The number of aliphatic hydroxyl groups excluding tert-OH is 1. The number of phenols is 1. The molecule has 1 aromatic rings. The molecule has 37 heavy (non-hydrogen) atoms. The minimum absolute atomic E-state index is 0.0761. The van der Waals surface area contributed by atoms with Crippen molar-refractivity contribution in [2.24, 2.45) is 0 Å². The zero-order chi connectivity index (χ0) is 28.2. The van der Waals surface area contributed by atoms with Gasteiger partial charge in [0.2, 0.25) is 11.8 Å². The van der Waals surface area contributed by atoms with Crippen LogP contribution in [0.5, 0.6) is 5.75 Å². The van der Waals surface area contributed by atoms with Crippen LogP contribution in [0.3, 0.4) is 0 Å². The van der Waals surface area contributed by atoms with Gasteiger partial charge in [-0.2, -0.15) is 0 Å². The highest BCUT2D eigenvalue weighted by molar-refractivity contribution is 5.92. The van der Waals surface area contributed by atoms with Crippen LogP contribution in [0.4, 0.5) is 4.79 Å². The van der Waals surface area contributed by atoms with E-state index in [-0.39, 0.29) is 23.9 Å². The van der Waals surface area contributed by atoms with Crippen molar-refractivity contribution in [2.75, 3.05) is 13.2 Å². The fourth-order valence-corrected chi connectivity index (χ4v) is 3.98. The minimum Gasteiger partial charge on any atom is -0.507 e. The van der Waals surface area contributed by atoms with Gasteiger partial charge < -0.3 is 30.5 Å². The molecule has 1 rings (SSSR count). The second-order valence-corrected chi connectivity index (χ2v) is 10.8. The van der Waals surface area contributed by atoms with Crippen molar-refractivity contribution in [3.05, 3.63) is 29.3 Å². The van der Waals surface area contributed by atoms with Crippen molar-refractivity contribution >= 4 is 17.9 Å². The third-order valence-electron chi connectivity index (χ3n) is 5.76. The first-order chi connectivity index (χ1) is 17.3. The molecule has 9 heteroatoms. The molecule has 210 valence electrons. The highest BCUT2D eigenvalue weighted by Gasteiger charge is 2.37. The van der Waals surface area contributed by atoms with E-state index in [1.54, 1.807) is 45.9 Å². The van der Waals surface area contributed by atoms with E-state index in [9.17, 15) is 24.6 Å². The summed E-state index contributed by atoms with van der Waals surface area (Å²) < 4.78 is 5.26. The zero-order valence-electron chi connectivity index (χ0n) is 23.6. The second kappa shape index (κ2) is 15.4. The summed E-state index contributed by atoms with van der Waals surface area (Å²) in [6.07, 6.45) is 4.95. The van der Waals surface area contributed by atoms with E-state index >= 15 is 0 Å². The lowest BCUT2D eigenvalue weighted by molar-refractivity contribution is -0.143. The van der Waals surface area contributed by atoms with Gasteiger partial charge in [-0.15, -0.1) is 0 Å². The molecule has 0 aliphatic rings. The number of unbranched alkanes of at least 4 members (excludes halogenated alkanes) is 5. The molecule has 0 saturated heterocycles. The van der Waals surface area contributed by atoms with Crippen molar-refractivity contribution in [2.45, 2.75) is 111 Å². The summed E-state index contributed by atoms with van der Waals surface area (Å²) in [5.41, 5.74) is 0.0575. The van der Waals surface area contributed by atoms with E-state index in [2.05, 4.69) is 17.6 Å². The molecule has 2 atom stereocenters. The molecule has 2 unspecified atom stereocenters. The lowest BCUT2D eigenvalue weighted by Crippen LogP contribution is -2.55. The highest BCUT2D eigenvalue weighted by atomic mass is 16.6. The van der Waals surface area contributed by atoms with Gasteiger partial charge >= 0.3 is 6.09 Å². The van der Waals surface area contributed by atoms with Gasteiger partial charge in [-0.1, -0.05) is 57.2 Å². The van der Waals surface area contributed by atoms with E-state index in [4.69, 9.17) is 4.74 Å². The number of alkyl carbamates (subject to hydrolysis) is 1. The van der Waals surface area contributed by atoms with Crippen LogP contribution in [0, 0.1) is 6.92 Å². The SMILES string of the molecule is CCCCCCCCN(C(=O)C(CO)NC(=O)OC(C)(C)C)C(C(=O)NC(C)C)c1cccc(C)c1O. The predicted molar refractivity (Wildman–Crippen MR) is 144 cm³/mol. The maximum atomic E-state index is 13.8. The molecule has 0 fully saturated rings. The molecule has 0 spiro atoms. The van der Waals surface area contributed by atoms with Crippen molar-refractivity contribution in [3.63, 3.8) is 0 Å². The van der Waals surface area contributed by atoms with E-state index in [1.165, 1.54) is 4.90 Å².